The Morgan fingerprint density at radius 2 is 1.81 bits per heavy atom. The van der Waals surface area contributed by atoms with Crippen LogP contribution in [-0.4, -0.2) is 35.1 Å². The number of imidazole rings is 1. The molecular formula is C25H27N3O3S. The molecule has 1 amide bonds. The molecule has 0 fully saturated rings. The molecule has 4 aromatic rings. The molecule has 0 aliphatic carbocycles. The van der Waals surface area contributed by atoms with Crippen molar-refractivity contribution in [2.45, 2.75) is 27.2 Å². The number of benzene rings is 2. The highest BCUT2D eigenvalue weighted by molar-refractivity contribution is 7.15. The lowest BCUT2D eigenvalue weighted by Gasteiger charge is -2.09. The molecule has 4 rings (SSSR count). The Balaban J connectivity index is 1.33. The molecule has 0 aliphatic rings. The molecule has 32 heavy (non-hydrogen) atoms. The van der Waals surface area contributed by atoms with Crippen LogP contribution in [0.15, 0.2) is 54.0 Å². The first-order chi connectivity index (χ1) is 15.5. The molecule has 2 heterocycles. The van der Waals surface area contributed by atoms with Gasteiger partial charge in [0.25, 0.3) is 0 Å². The van der Waals surface area contributed by atoms with E-state index in [-0.39, 0.29) is 5.91 Å². The van der Waals surface area contributed by atoms with Gasteiger partial charge < -0.3 is 14.8 Å². The van der Waals surface area contributed by atoms with Gasteiger partial charge in [0.15, 0.2) is 4.96 Å². The average Bonchev–Trinajstić information content (AvgIpc) is 3.33. The zero-order valence-corrected chi connectivity index (χ0v) is 19.4. The summed E-state index contributed by atoms with van der Waals surface area (Å²) in [6.07, 6.45) is 2.27. The number of nitrogens with zero attached hydrogens (tertiary/aromatic N) is 2. The lowest BCUT2D eigenvalue weighted by atomic mass is 10.1. The average molecular weight is 450 g/mol. The minimum atomic E-state index is -0.0370. The number of fused-ring (bicyclic) bond motifs is 1. The summed E-state index contributed by atoms with van der Waals surface area (Å²) in [5, 5.41) is 4.92. The van der Waals surface area contributed by atoms with Crippen LogP contribution >= 0.6 is 11.3 Å². The summed E-state index contributed by atoms with van der Waals surface area (Å²) in [5.74, 6) is 1.64. The van der Waals surface area contributed by atoms with Crippen molar-refractivity contribution in [2.24, 2.45) is 0 Å². The number of aryl methyl sites for hydroxylation is 2. The molecule has 166 valence electrons. The van der Waals surface area contributed by atoms with Crippen LogP contribution in [0.3, 0.4) is 0 Å². The summed E-state index contributed by atoms with van der Waals surface area (Å²) in [6.45, 7) is 7.58. The van der Waals surface area contributed by atoms with Gasteiger partial charge in [-0.15, -0.1) is 11.3 Å². The first kappa shape index (κ1) is 21.9. The molecule has 0 spiro atoms. The fourth-order valence-corrected chi connectivity index (χ4v) is 4.46. The van der Waals surface area contributed by atoms with E-state index < -0.39 is 0 Å². The third-order valence-electron chi connectivity index (χ3n) is 4.97. The SMILES string of the molecule is CCOc1ccc(-c2cn3c(CC(=O)NCCOc4cc(C)cc(C)c4)csc3n2)cc1. The minimum Gasteiger partial charge on any atom is -0.494 e. The van der Waals surface area contributed by atoms with E-state index in [0.29, 0.717) is 26.2 Å². The summed E-state index contributed by atoms with van der Waals surface area (Å²) < 4.78 is 13.3. The van der Waals surface area contributed by atoms with Gasteiger partial charge in [0.2, 0.25) is 5.91 Å². The van der Waals surface area contributed by atoms with E-state index in [1.165, 1.54) is 11.3 Å². The predicted molar refractivity (Wildman–Crippen MR) is 128 cm³/mol. The van der Waals surface area contributed by atoms with Crippen LogP contribution in [0.2, 0.25) is 0 Å². The van der Waals surface area contributed by atoms with E-state index in [0.717, 1.165) is 44.5 Å². The van der Waals surface area contributed by atoms with Crippen molar-refractivity contribution in [1.29, 1.82) is 0 Å². The monoisotopic (exact) mass is 449 g/mol. The van der Waals surface area contributed by atoms with Crippen LogP contribution in [0.5, 0.6) is 11.5 Å². The Bertz CT molecular complexity index is 1190. The molecule has 2 aromatic heterocycles. The zero-order chi connectivity index (χ0) is 22.5. The first-order valence-corrected chi connectivity index (χ1v) is 11.6. The number of carbonyl (C=O) groups excluding carboxylic acids is 1. The molecule has 0 atom stereocenters. The van der Waals surface area contributed by atoms with Crippen molar-refractivity contribution in [3.8, 4) is 22.8 Å². The standard InChI is InChI=1S/C25H27N3O3S/c1-4-30-21-7-5-19(6-8-21)23-15-28-20(16-32-25(28)27-23)14-24(29)26-9-10-31-22-12-17(2)11-18(3)13-22/h5-8,11-13,15-16H,4,9-10,14H2,1-3H3,(H,26,29). The quantitative estimate of drug-likeness (QED) is 0.372. The normalized spacial score (nSPS) is 11.0. The number of rotatable bonds is 9. The number of hydrogen-bond donors (Lipinski definition) is 1. The van der Waals surface area contributed by atoms with Gasteiger partial charge in [0.05, 0.1) is 25.3 Å². The molecule has 6 nitrogen and oxygen atoms in total. The second-order valence-electron chi connectivity index (χ2n) is 7.66. The summed E-state index contributed by atoms with van der Waals surface area (Å²) in [5.41, 5.74) is 5.14. The number of amides is 1. The van der Waals surface area contributed by atoms with Crippen molar-refractivity contribution in [3.63, 3.8) is 0 Å². The molecular weight excluding hydrogens is 422 g/mol. The maximum absolute atomic E-state index is 12.4. The van der Waals surface area contributed by atoms with Gasteiger partial charge in [0, 0.05) is 22.8 Å². The molecule has 0 bridgehead atoms. The van der Waals surface area contributed by atoms with Gasteiger partial charge in [-0.05, 0) is 68.3 Å². The Kier molecular flexibility index (Phi) is 6.75. The largest absolute Gasteiger partial charge is 0.494 e. The highest BCUT2D eigenvalue weighted by Gasteiger charge is 2.12. The van der Waals surface area contributed by atoms with E-state index in [9.17, 15) is 4.79 Å². The fraction of sp³-hybridized carbons (Fsp3) is 0.280. The summed E-state index contributed by atoms with van der Waals surface area (Å²) in [7, 11) is 0. The molecule has 0 saturated heterocycles. The van der Waals surface area contributed by atoms with Crippen molar-refractivity contribution in [3.05, 3.63) is 70.9 Å². The number of aromatic nitrogens is 2. The minimum absolute atomic E-state index is 0.0370. The fourth-order valence-electron chi connectivity index (χ4n) is 3.59. The summed E-state index contributed by atoms with van der Waals surface area (Å²) >= 11 is 1.53. The molecule has 2 aromatic carbocycles. The first-order valence-electron chi connectivity index (χ1n) is 10.7. The van der Waals surface area contributed by atoms with Crippen molar-refractivity contribution in [2.75, 3.05) is 19.8 Å². The van der Waals surface area contributed by atoms with Crippen molar-refractivity contribution in [1.82, 2.24) is 14.7 Å². The summed E-state index contributed by atoms with van der Waals surface area (Å²) in [6, 6.07) is 14.0. The Morgan fingerprint density at radius 1 is 1.06 bits per heavy atom. The molecule has 0 saturated carbocycles. The number of carbonyl (C=O) groups is 1. The van der Waals surface area contributed by atoms with Gasteiger partial charge >= 0.3 is 0 Å². The van der Waals surface area contributed by atoms with Crippen LogP contribution in [0.25, 0.3) is 16.2 Å². The number of nitrogens with one attached hydrogen (secondary N) is 1. The Labute approximate surface area is 191 Å². The molecule has 7 heteroatoms. The number of thiazole rings is 1. The molecule has 0 unspecified atom stereocenters. The van der Waals surface area contributed by atoms with Gasteiger partial charge in [-0.2, -0.15) is 0 Å². The van der Waals surface area contributed by atoms with Crippen LogP contribution in [0.4, 0.5) is 0 Å². The smallest absolute Gasteiger partial charge is 0.226 e. The van der Waals surface area contributed by atoms with E-state index in [2.05, 4.69) is 11.4 Å². The maximum atomic E-state index is 12.4. The van der Waals surface area contributed by atoms with E-state index in [1.807, 2.05) is 73.1 Å². The second kappa shape index (κ2) is 9.87. The van der Waals surface area contributed by atoms with Gasteiger partial charge in [-0.25, -0.2) is 4.98 Å². The van der Waals surface area contributed by atoms with Gasteiger partial charge in [-0.1, -0.05) is 6.07 Å². The lowest BCUT2D eigenvalue weighted by Crippen LogP contribution is -2.29. The maximum Gasteiger partial charge on any atom is 0.226 e. The topological polar surface area (TPSA) is 64.9 Å². The predicted octanol–water partition coefficient (Wildman–Crippen LogP) is 4.82. The third-order valence-corrected chi connectivity index (χ3v) is 5.86. The van der Waals surface area contributed by atoms with Gasteiger partial charge in [-0.3, -0.25) is 9.20 Å². The molecule has 0 radical (unpaired) electrons. The van der Waals surface area contributed by atoms with Crippen molar-refractivity contribution >= 4 is 22.2 Å². The number of hydrogen-bond acceptors (Lipinski definition) is 5. The van der Waals surface area contributed by atoms with Crippen molar-refractivity contribution < 1.29 is 14.3 Å². The Hall–Kier alpha value is -3.32. The van der Waals surface area contributed by atoms with Crippen LogP contribution in [-0.2, 0) is 11.2 Å². The zero-order valence-electron chi connectivity index (χ0n) is 18.6. The van der Waals surface area contributed by atoms with Crippen LogP contribution in [0.1, 0.15) is 23.7 Å². The molecule has 1 N–H and O–H groups in total. The van der Waals surface area contributed by atoms with Gasteiger partial charge in [0.1, 0.15) is 18.1 Å². The third kappa shape index (κ3) is 5.29. The highest BCUT2D eigenvalue weighted by Crippen LogP contribution is 2.25. The van der Waals surface area contributed by atoms with Crippen LogP contribution < -0.4 is 14.8 Å². The lowest BCUT2D eigenvalue weighted by molar-refractivity contribution is -0.120. The van der Waals surface area contributed by atoms with E-state index in [4.69, 9.17) is 14.5 Å². The van der Waals surface area contributed by atoms with E-state index >= 15 is 0 Å². The van der Waals surface area contributed by atoms with E-state index in [1.54, 1.807) is 0 Å². The summed E-state index contributed by atoms with van der Waals surface area (Å²) in [4.78, 5) is 18.0. The Morgan fingerprint density at radius 3 is 2.53 bits per heavy atom. The highest BCUT2D eigenvalue weighted by atomic mass is 32.1. The number of ether oxygens (including phenoxy) is 2. The second-order valence-corrected chi connectivity index (χ2v) is 8.50. The molecule has 0 aliphatic heterocycles. The van der Waals surface area contributed by atoms with Crippen LogP contribution in [0, 0.1) is 13.8 Å².